The van der Waals surface area contributed by atoms with Gasteiger partial charge < -0.3 is 10.5 Å². The molecule has 0 unspecified atom stereocenters. The van der Waals surface area contributed by atoms with Gasteiger partial charge in [0.05, 0.1) is 0 Å². The van der Waals surface area contributed by atoms with Gasteiger partial charge in [0.2, 0.25) is 5.88 Å². The van der Waals surface area contributed by atoms with E-state index in [-0.39, 0.29) is 0 Å². The third-order valence-electron chi connectivity index (χ3n) is 2.13. The van der Waals surface area contributed by atoms with Crippen LogP contribution in [0.3, 0.4) is 0 Å². The van der Waals surface area contributed by atoms with E-state index in [1.807, 2.05) is 13.0 Å². The fourth-order valence-electron chi connectivity index (χ4n) is 1.23. The van der Waals surface area contributed by atoms with Crippen molar-refractivity contribution in [1.29, 1.82) is 0 Å². The fraction of sp³-hybridized carbons (Fsp3) is 0.0909. The molecular weight excluding hydrogens is 305 g/mol. The maximum Gasteiger partial charge on any atom is 0.238 e. The van der Waals surface area contributed by atoms with E-state index < -0.39 is 0 Å². The van der Waals surface area contributed by atoms with Crippen LogP contribution in [0.25, 0.3) is 0 Å². The minimum atomic E-state index is 0.334. The van der Waals surface area contributed by atoms with Gasteiger partial charge in [0, 0.05) is 5.02 Å². The standard InChI is InChI=1S/C11H9BrClN3O/c1-6-4-7(2-3-8(6)13)17-11-9(12)10(14)15-5-16-11/h2-5H,1H3,(H2,14,15,16). The van der Waals surface area contributed by atoms with E-state index in [9.17, 15) is 0 Å². The smallest absolute Gasteiger partial charge is 0.238 e. The first-order chi connectivity index (χ1) is 8.08. The van der Waals surface area contributed by atoms with E-state index in [2.05, 4.69) is 25.9 Å². The molecule has 0 aliphatic carbocycles. The minimum Gasteiger partial charge on any atom is -0.438 e. The average Bonchev–Trinajstić information content (AvgIpc) is 2.30. The lowest BCUT2D eigenvalue weighted by molar-refractivity contribution is 0.458. The molecule has 1 aromatic heterocycles. The van der Waals surface area contributed by atoms with Crippen LogP contribution in [0.1, 0.15) is 5.56 Å². The third kappa shape index (κ3) is 2.68. The van der Waals surface area contributed by atoms with E-state index in [1.54, 1.807) is 12.1 Å². The lowest BCUT2D eigenvalue weighted by Gasteiger charge is -2.08. The van der Waals surface area contributed by atoms with Crippen LogP contribution < -0.4 is 10.5 Å². The van der Waals surface area contributed by atoms with Crippen molar-refractivity contribution in [2.24, 2.45) is 0 Å². The lowest BCUT2D eigenvalue weighted by Crippen LogP contribution is -1.96. The first-order valence-corrected chi connectivity index (χ1v) is 5.95. The Labute approximate surface area is 112 Å². The van der Waals surface area contributed by atoms with Gasteiger partial charge in [-0.05, 0) is 46.6 Å². The van der Waals surface area contributed by atoms with Crippen LogP contribution in [0.5, 0.6) is 11.6 Å². The highest BCUT2D eigenvalue weighted by atomic mass is 79.9. The van der Waals surface area contributed by atoms with E-state index in [1.165, 1.54) is 6.33 Å². The van der Waals surface area contributed by atoms with Gasteiger partial charge in [-0.3, -0.25) is 0 Å². The molecular formula is C11H9BrClN3O. The molecule has 0 spiro atoms. The van der Waals surface area contributed by atoms with Gasteiger partial charge in [0.1, 0.15) is 22.4 Å². The predicted octanol–water partition coefficient (Wildman–Crippen LogP) is 3.58. The van der Waals surface area contributed by atoms with Crippen LogP contribution in [-0.2, 0) is 0 Å². The van der Waals surface area contributed by atoms with E-state index in [0.717, 1.165) is 5.56 Å². The van der Waals surface area contributed by atoms with E-state index in [0.29, 0.717) is 26.9 Å². The van der Waals surface area contributed by atoms with Gasteiger partial charge in [-0.15, -0.1) is 0 Å². The Morgan fingerprint density at radius 3 is 2.82 bits per heavy atom. The van der Waals surface area contributed by atoms with Gasteiger partial charge in [-0.2, -0.15) is 0 Å². The summed E-state index contributed by atoms with van der Waals surface area (Å²) in [7, 11) is 0. The number of hydrogen-bond acceptors (Lipinski definition) is 4. The largest absolute Gasteiger partial charge is 0.438 e. The Hall–Kier alpha value is -1.33. The van der Waals surface area contributed by atoms with Crippen molar-refractivity contribution in [3.63, 3.8) is 0 Å². The molecule has 1 aromatic carbocycles. The van der Waals surface area contributed by atoms with Crippen LogP contribution in [0.15, 0.2) is 29.0 Å². The molecule has 0 aliphatic rings. The number of rotatable bonds is 2. The van der Waals surface area contributed by atoms with Crippen LogP contribution >= 0.6 is 27.5 Å². The molecule has 0 atom stereocenters. The zero-order valence-electron chi connectivity index (χ0n) is 8.95. The third-order valence-corrected chi connectivity index (χ3v) is 3.30. The Kier molecular flexibility index (Phi) is 3.49. The summed E-state index contributed by atoms with van der Waals surface area (Å²) in [6, 6.07) is 5.36. The zero-order chi connectivity index (χ0) is 12.4. The SMILES string of the molecule is Cc1cc(Oc2ncnc(N)c2Br)ccc1Cl. The van der Waals surface area contributed by atoms with Crippen LogP contribution in [-0.4, -0.2) is 9.97 Å². The molecule has 88 valence electrons. The number of nitrogens with two attached hydrogens (primary N) is 1. The second kappa shape index (κ2) is 4.89. The normalized spacial score (nSPS) is 10.3. The number of ether oxygens (including phenoxy) is 1. The van der Waals surface area contributed by atoms with Crippen LogP contribution in [0, 0.1) is 6.92 Å². The molecule has 0 saturated heterocycles. The summed E-state index contributed by atoms with van der Waals surface area (Å²) in [5.74, 6) is 1.35. The highest BCUT2D eigenvalue weighted by molar-refractivity contribution is 9.10. The molecule has 0 fully saturated rings. The van der Waals surface area contributed by atoms with Gasteiger partial charge in [0.25, 0.3) is 0 Å². The minimum absolute atomic E-state index is 0.334. The van der Waals surface area contributed by atoms with Gasteiger partial charge in [-0.1, -0.05) is 11.6 Å². The van der Waals surface area contributed by atoms with Crippen molar-refractivity contribution in [2.75, 3.05) is 5.73 Å². The lowest BCUT2D eigenvalue weighted by atomic mass is 10.2. The molecule has 0 radical (unpaired) electrons. The number of nitrogen functional groups attached to an aromatic ring is 1. The first kappa shape index (κ1) is 12.1. The van der Waals surface area contributed by atoms with E-state index in [4.69, 9.17) is 22.1 Å². The summed E-state index contributed by atoms with van der Waals surface area (Å²) in [5, 5.41) is 0.693. The quantitative estimate of drug-likeness (QED) is 0.920. The molecule has 17 heavy (non-hydrogen) atoms. The summed E-state index contributed by atoms with van der Waals surface area (Å²) < 4.78 is 6.12. The summed E-state index contributed by atoms with van der Waals surface area (Å²) in [5.41, 5.74) is 6.56. The fourth-order valence-corrected chi connectivity index (χ4v) is 1.63. The monoisotopic (exact) mass is 313 g/mol. The second-order valence-corrected chi connectivity index (χ2v) is 4.59. The molecule has 2 aromatic rings. The molecule has 0 bridgehead atoms. The number of hydrogen-bond donors (Lipinski definition) is 1. The second-order valence-electron chi connectivity index (χ2n) is 3.39. The highest BCUT2D eigenvalue weighted by Gasteiger charge is 2.08. The number of aryl methyl sites for hydroxylation is 1. The molecule has 2 N–H and O–H groups in total. The predicted molar refractivity (Wildman–Crippen MR) is 70.4 cm³/mol. The van der Waals surface area contributed by atoms with Crippen molar-refractivity contribution in [3.8, 4) is 11.6 Å². The summed E-state index contributed by atoms with van der Waals surface area (Å²) in [6.45, 7) is 1.90. The van der Waals surface area contributed by atoms with Gasteiger partial charge >= 0.3 is 0 Å². The number of aromatic nitrogens is 2. The van der Waals surface area contributed by atoms with Crippen LogP contribution in [0.4, 0.5) is 5.82 Å². The number of benzene rings is 1. The van der Waals surface area contributed by atoms with Crippen molar-refractivity contribution < 1.29 is 4.74 Å². The summed E-state index contributed by atoms with van der Waals surface area (Å²) >= 11 is 9.20. The van der Waals surface area contributed by atoms with Crippen molar-refractivity contribution in [2.45, 2.75) is 6.92 Å². The number of anilines is 1. The van der Waals surface area contributed by atoms with Crippen LogP contribution in [0.2, 0.25) is 5.02 Å². The van der Waals surface area contributed by atoms with Gasteiger partial charge in [0.15, 0.2) is 0 Å². The van der Waals surface area contributed by atoms with E-state index >= 15 is 0 Å². The molecule has 0 aliphatic heterocycles. The first-order valence-electron chi connectivity index (χ1n) is 4.78. The average molecular weight is 315 g/mol. The molecule has 6 heteroatoms. The molecule has 0 amide bonds. The molecule has 2 rings (SSSR count). The molecule has 1 heterocycles. The summed E-state index contributed by atoms with van der Waals surface area (Å²) in [6.07, 6.45) is 1.35. The zero-order valence-corrected chi connectivity index (χ0v) is 11.3. The Morgan fingerprint density at radius 1 is 1.35 bits per heavy atom. The van der Waals surface area contributed by atoms with Gasteiger partial charge in [-0.25, -0.2) is 9.97 Å². The summed E-state index contributed by atoms with van der Waals surface area (Å²) in [4.78, 5) is 7.82. The Morgan fingerprint density at radius 2 is 2.12 bits per heavy atom. The maximum absolute atomic E-state index is 5.93. The topological polar surface area (TPSA) is 61.0 Å². The Bertz CT molecular complexity index is 562. The van der Waals surface area contributed by atoms with Crippen molar-refractivity contribution >= 4 is 33.3 Å². The molecule has 4 nitrogen and oxygen atoms in total. The number of nitrogens with zero attached hydrogens (tertiary/aromatic N) is 2. The highest BCUT2D eigenvalue weighted by Crippen LogP contribution is 2.31. The number of halogens is 2. The maximum atomic E-state index is 5.93. The Balaban J connectivity index is 2.31. The molecule has 0 saturated carbocycles. The van der Waals surface area contributed by atoms with Crippen molar-refractivity contribution in [3.05, 3.63) is 39.6 Å². The van der Waals surface area contributed by atoms with Crippen molar-refractivity contribution in [1.82, 2.24) is 9.97 Å².